The molecular formula is C17H13O. The molecule has 0 bridgehead atoms. The SMILES string of the molecule is C/C(=C\c1ccccc1)c1[c]c2ccccc2o1. The van der Waals surface area contributed by atoms with Gasteiger partial charge in [0.15, 0.2) is 0 Å². The second kappa shape index (κ2) is 4.53. The Kier molecular flexibility index (Phi) is 2.73. The summed E-state index contributed by atoms with van der Waals surface area (Å²) in [6.07, 6.45) is 2.11. The minimum absolute atomic E-state index is 0.806. The molecule has 0 atom stereocenters. The van der Waals surface area contributed by atoms with Crippen LogP contribution in [0, 0.1) is 6.07 Å². The quantitative estimate of drug-likeness (QED) is 0.620. The summed E-state index contributed by atoms with van der Waals surface area (Å²) in [5.74, 6) is 0.806. The van der Waals surface area contributed by atoms with Crippen LogP contribution in [0.4, 0.5) is 0 Å². The second-order valence-electron chi connectivity index (χ2n) is 4.29. The van der Waals surface area contributed by atoms with Crippen LogP contribution in [0.25, 0.3) is 22.6 Å². The fourth-order valence-electron chi connectivity index (χ4n) is 1.96. The molecule has 0 aliphatic carbocycles. The molecule has 87 valence electrons. The molecule has 0 unspecified atom stereocenters. The summed E-state index contributed by atoms with van der Waals surface area (Å²) in [6, 6.07) is 21.4. The molecule has 1 nitrogen and oxygen atoms in total. The Morgan fingerprint density at radius 3 is 2.50 bits per heavy atom. The normalized spacial score (nSPS) is 11.9. The van der Waals surface area contributed by atoms with Crippen LogP contribution in [0.2, 0.25) is 0 Å². The standard InChI is InChI=1S/C17H13O/c1-13(11-14-7-3-2-4-8-14)17-12-15-9-5-6-10-16(15)18-17/h2-11H,1H3/b13-11+. The topological polar surface area (TPSA) is 13.1 Å². The zero-order valence-electron chi connectivity index (χ0n) is 10.2. The molecule has 1 radical (unpaired) electrons. The van der Waals surface area contributed by atoms with Gasteiger partial charge in [0.25, 0.3) is 0 Å². The van der Waals surface area contributed by atoms with Crippen LogP contribution in [0.1, 0.15) is 18.2 Å². The van der Waals surface area contributed by atoms with E-state index in [1.807, 2.05) is 49.4 Å². The van der Waals surface area contributed by atoms with Crippen LogP contribution in [0.5, 0.6) is 0 Å². The Hall–Kier alpha value is -2.28. The highest BCUT2D eigenvalue weighted by atomic mass is 16.3. The molecule has 1 aromatic heterocycles. The van der Waals surface area contributed by atoms with Gasteiger partial charge < -0.3 is 4.42 Å². The van der Waals surface area contributed by atoms with Crippen molar-refractivity contribution in [2.45, 2.75) is 6.92 Å². The van der Waals surface area contributed by atoms with Crippen molar-refractivity contribution in [2.24, 2.45) is 0 Å². The zero-order valence-corrected chi connectivity index (χ0v) is 10.2. The lowest BCUT2D eigenvalue weighted by atomic mass is 10.1. The molecule has 0 saturated carbocycles. The van der Waals surface area contributed by atoms with Gasteiger partial charge in [-0.2, -0.15) is 0 Å². The van der Waals surface area contributed by atoms with Gasteiger partial charge in [-0.1, -0.05) is 48.5 Å². The molecule has 0 N–H and O–H groups in total. The lowest BCUT2D eigenvalue weighted by Gasteiger charge is -1.96. The average molecular weight is 233 g/mol. The van der Waals surface area contributed by atoms with E-state index in [0.29, 0.717) is 0 Å². The van der Waals surface area contributed by atoms with Crippen molar-refractivity contribution >= 4 is 22.6 Å². The summed E-state index contributed by atoms with van der Waals surface area (Å²) in [4.78, 5) is 0. The van der Waals surface area contributed by atoms with Crippen molar-refractivity contribution in [1.82, 2.24) is 0 Å². The highest BCUT2D eigenvalue weighted by Crippen LogP contribution is 2.24. The summed E-state index contributed by atoms with van der Waals surface area (Å²) in [7, 11) is 0. The fourth-order valence-corrected chi connectivity index (χ4v) is 1.96. The summed E-state index contributed by atoms with van der Waals surface area (Å²) < 4.78 is 5.78. The van der Waals surface area contributed by atoms with E-state index in [1.54, 1.807) is 0 Å². The van der Waals surface area contributed by atoms with E-state index < -0.39 is 0 Å². The van der Waals surface area contributed by atoms with Crippen LogP contribution in [0.15, 0.2) is 59.0 Å². The molecule has 1 heteroatoms. The van der Waals surface area contributed by atoms with Gasteiger partial charge in [-0.15, -0.1) is 0 Å². The highest BCUT2D eigenvalue weighted by molar-refractivity contribution is 5.85. The van der Waals surface area contributed by atoms with Crippen molar-refractivity contribution in [3.63, 3.8) is 0 Å². The highest BCUT2D eigenvalue weighted by Gasteiger charge is 2.05. The fraction of sp³-hybridized carbons (Fsp3) is 0.0588. The molecule has 2 aromatic carbocycles. The Morgan fingerprint density at radius 2 is 1.72 bits per heavy atom. The molecule has 18 heavy (non-hydrogen) atoms. The molecule has 0 saturated heterocycles. The molecular weight excluding hydrogens is 220 g/mol. The largest absolute Gasteiger partial charge is 0.456 e. The number of benzene rings is 2. The maximum absolute atomic E-state index is 5.78. The van der Waals surface area contributed by atoms with Gasteiger partial charge in [0.2, 0.25) is 0 Å². The molecule has 0 spiro atoms. The van der Waals surface area contributed by atoms with Gasteiger partial charge in [0.1, 0.15) is 11.3 Å². The predicted molar refractivity (Wildman–Crippen MR) is 75.0 cm³/mol. The van der Waals surface area contributed by atoms with Crippen molar-refractivity contribution in [3.8, 4) is 0 Å². The molecule has 0 aliphatic rings. The maximum atomic E-state index is 5.78. The number of allylic oxidation sites excluding steroid dienone is 1. The second-order valence-corrected chi connectivity index (χ2v) is 4.29. The van der Waals surface area contributed by atoms with Gasteiger partial charge in [-0.3, -0.25) is 0 Å². The van der Waals surface area contributed by atoms with E-state index in [2.05, 4.69) is 24.3 Å². The van der Waals surface area contributed by atoms with Gasteiger partial charge in [-0.05, 0) is 30.2 Å². The number of para-hydroxylation sites is 1. The maximum Gasteiger partial charge on any atom is 0.139 e. The minimum Gasteiger partial charge on any atom is -0.456 e. The summed E-state index contributed by atoms with van der Waals surface area (Å²) in [5, 5.41) is 1.02. The molecule has 0 fully saturated rings. The van der Waals surface area contributed by atoms with Gasteiger partial charge >= 0.3 is 0 Å². The van der Waals surface area contributed by atoms with E-state index in [0.717, 1.165) is 22.3 Å². The monoisotopic (exact) mass is 233 g/mol. The Balaban J connectivity index is 2.01. The van der Waals surface area contributed by atoms with Crippen LogP contribution in [0.3, 0.4) is 0 Å². The smallest absolute Gasteiger partial charge is 0.139 e. The Labute approximate surface area is 106 Å². The molecule has 3 aromatic rings. The molecule has 1 heterocycles. The number of furan rings is 1. The first-order valence-corrected chi connectivity index (χ1v) is 5.97. The number of hydrogen-bond acceptors (Lipinski definition) is 1. The van der Waals surface area contributed by atoms with E-state index in [-0.39, 0.29) is 0 Å². The van der Waals surface area contributed by atoms with Crippen LogP contribution < -0.4 is 0 Å². The first kappa shape index (κ1) is 10.8. The van der Waals surface area contributed by atoms with Gasteiger partial charge in [0.05, 0.1) is 0 Å². The third-order valence-electron chi connectivity index (χ3n) is 2.89. The zero-order chi connectivity index (χ0) is 12.4. The first-order chi connectivity index (χ1) is 8.83. The van der Waals surface area contributed by atoms with Crippen molar-refractivity contribution < 1.29 is 4.42 Å². The number of rotatable bonds is 2. The summed E-state index contributed by atoms with van der Waals surface area (Å²) >= 11 is 0. The lowest BCUT2D eigenvalue weighted by molar-refractivity contribution is 0.599. The van der Waals surface area contributed by atoms with Gasteiger partial charge in [0, 0.05) is 11.5 Å². The summed E-state index contributed by atoms with van der Waals surface area (Å²) in [6.45, 7) is 2.04. The third-order valence-corrected chi connectivity index (χ3v) is 2.89. The lowest BCUT2D eigenvalue weighted by Crippen LogP contribution is -1.75. The number of hydrogen-bond donors (Lipinski definition) is 0. The third kappa shape index (κ3) is 2.07. The van der Waals surface area contributed by atoms with Crippen LogP contribution >= 0.6 is 0 Å². The van der Waals surface area contributed by atoms with E-state index in [1.165, 1.54) is 5.56 Å². The number of fused-ring (bicyclic) bond motifs is 1. The first-order valence-electron chi connectivity index (χ1n) is 5.97. The van der Waals surface area contributed by atoms with Crippen molar-refractivity contribution in [1.29, 1.82) is 0 Å². The summed E-state index contributed by atoms with van der Waals surface area (Å²) in [5.41, 5.74) is 3.13. The molecule has 0 amide bonds. The van der Waals surface area contributed by atoms with E-state index in [9.17, 15) is 0 Å². The van der Waals surface area contributed by atoms with E-state index in [4.69, 9.17) is 4.42 Å². The van der Waals surface area contributed by atoms with Gasteiger partial charge in [-0.25, -0.2) is 0 Å². The average Bonchev–Trinajstić information content (AvgIpc) is 2.84. The van der Waals surface area contributed by atoms with Crippen LogP contribution in [-0.4, -0.2) is 0 Å². The Morgan fingerprint density at radius 1 is 1.00 bits per heavy atom. The molecule has 3 rings (SSSR count). The minimum atomic E-state index is 0.806. The van der Waals surface area contributed by atoms with E-state index >= 15 is 0 Å². The van der Waals surface area contributed by atoms with Crippen molar-refractivity contribution in [3.05, 3.63) is 72.0 Å². The predicted octanol–water partition coefficient (Wildman–Crippen LogP) is 4.79. The van der Waals surface area contributed by atoms with Crippen molar-refractivity contribution in [2.75, 3.05) is 0 Å². The van der Waals surface area contributed by atoms with Crippen LogP contribution in [-0.2, 0) is 0 Å². The molecule has 0 aliphatic heterocycles. The Bertz CT molecular complexity index is 657.